The minimum atomic E-state index is -0.132. The first-order chi connectivity index (χ1) is 11.8. The van der Waals surface area contributed by atoms with E-state index in [1.807, 2.05) is 18.2 Å². The molecule has 1 unspecified atom stereocenters. The third-order valence-electron chi connectivity index (χ3n) is 4.50. The lowest BCUT2D eigenvalue weighted by Crippen LogP contribution is -2.38. The summed E-state index contributed by atoms with van der Waals surface area (Å²) in [7, 11) is 1.69. The van der Waals surface area contributed by atoms with Crippen molar-refractivity contribution >= 4 is 6.03 Å². The van der Waals surface area contributed by atoms with E-state index in [1.165, 1.54) is 11.1 Å². The van der Waals surface area contributed by atoms with Crippen LogP contribution >= 0.6 is 0 Å². The summed E-state index contributed by atoms with van der Waals surface area (Å²) in [6.07, 6.45) is 6.77. The molecule has 2 amide bonds. The van der Waals surface area contributed by atoms with Crippen molar-refractivity contribution in [3.63, 3.8) is 0 Å². The van der Waals surface area contributed by atoms with Gasteiger partial charge in [-0.15, -0.1) is 0 Å². The van der Waals surface area contributed by atoms with Gasteiger partial charge in [-0.25, -0.2) is 4.79 Å². The van der Waals surface area contributed by atoms with Crippen molar-refractivity contribution in [3.8, 4) is 5.75 Å². The van der Waals surface area contributed by atoms with Crippen molar-refractivity contribution in [1.29, 1.82) is 0 Å². The van der Waals surface area contributed by atoms with E-state index in [9.17, 15) is 4.79 Å². The molecule has 1 aliphatic carbocycles. The molecule has 0 spiro atoms. The molecule has 0 bridgehead atoms. The molecule has 0 fully saturated rings. The number of urea groups is 1. The molecule has 126 valence electrons. The predicted molar refractivity (Wildman–Crippen MR) is 93.1 cm³/mol. The molecule has 5 heteroatoms. The molecule has 2 N–H and O–H groups in total. The molecular weight excluding hydrogens is 302 g/mol. The zero-order chi connectivity index (χ0) is 16.8. The molecule has 1 heterocycles. The minimum Gasteiger partial charge on any atom is -0.497 e. The molecule has 2 aromatic rings. The van der Waals surface area contributed by atoms with Gasteiger partial charge in [-0.2, -0.15) is 0 Å². The number of carbonyl (C=O) groups excluding carboxylic acids is 1. The van der Waals surface area contributed by atoms with Crippen LogP contribution in [0.3, 0.4) is 0 Å². The quantitative estimate of drug-likeness (QED) is 0.888. The van der Waals surface area contributed by atoms with Gasteiger partial charge in [0.1, 0.15) is 5.75 Å². The normalized spacial score (nSPS) is 16.1. The van der Waals surface area contributed by atoms with Gasteiger partial charge in [0.25, 0.3) is 0 Å². The SMILES string of the molecule is COc1ccc2c(c1)CCCC2CNC(=O)NCc1ccncc1. The Morgan fingerprint density at radius 3 is 2.88 bits per heavy atom. The molecular formula is C19H23N3O2. The largest absolute Gasteiger partial charge is 0.497 e. The number of aryl methyl sites for hydroxylation is 1. The fraction of sp³-hybridized carbons (Fsp3) is 0.368. The number of aromatic nitrogens is 1. The summed E-state index contributed by atoms with van der Waals surface area (Å²) < 4.78 is 5.30. The lowest BCUT2D eigenvalue weighted by atomic mass is 9.82. The highest BCUT2D eigenvalue weighted by molar-refractivity contribution is 5.73. The summed E-state index contributed by atoms with van der Waals surface area (Å²) in [4.78, 5) is 16.0. The summed E-state index contributed by atoms with van der Waals surface area (Å²) >= 11 is 0. The number of amides is 2. The molecule has 3 rings (SSSR count). The van der Waals surface area contributed by atoms with Crippen LogP contribution in [-0.2, 0) is 13.0 Å². The molecule has 1 aromatic carbocycles. The van der Waals surface area contributed by atoms with Crippen LogP contribution in [0.5, 0.6) is 5.75 Å². The first-order valence-electron chi connectivity index (χ1n) is 8.33. The van der Waals surface area contributed by atoms with Crippen molar-refractivity contribution in [2.75, 3.05) is 13.7 Å². The maximum absolute atomic E-state index is 12.0. The zero-order valence-corrected chi connectivity index (χ0v) is 13.9. The number of hydrogen-bond acceptors (Lipinski definition) is 3. The summed E-state index contributed by atoms with van der Waals surface area (Å²) in [5.74, 6) is 1.27. The number of nitrogens with zero attached hydrogens (tertiary/aromatic N) is 1. The van der Waals surface area contributed by atoms with Crippen molar-refractivity contribution < 1.29 is 9.53 Å². The fourth-order valence-corrected chi connectivity index (χ4v) is 3.19. The second-order valence-electron chi connectivity index (χ2n) is 6.07. The van der Waals surface area contributed by atoms with Crippen LogP contribution in [-0.4, -0.2) is 24.7 Å². The third kappa shape index (κ3) is 4.04. The average Bonchev–Trinajstić information content (AvgIpc) is 2.65. The number of pyridine rings is 1. The van der Waals surface area contributed by atoms with Gasteiger partial charge in [0.15, 0.2) is 0 Å². The van der Waals surface area contributed by atoms with E-state index in [0.717, 1.165) is 30.6 Å². The van der Waals surface area contributed by atoms with Gasteiger partial charge in [-0.1, -0.05) is 6.07 Å². The molecule has 1 aliphatic rings. The topological polar surface area (TPSA) is 63.2 Å². The van der Waals surface area contributed by atoms with Gasteiger partial charge in [0.05, 0.1) is 7.11 Å². The second-order valence-corrected chi connectivity index (χ2v) is 6.07. The molecule has 0 aliphatic heterocycles. The van der Waals surface area contributed by atoms with Crippen molar-refractivity contribution in [1.82, 2.24) is 15.6 Å². The smallest absolute Gasteiger partial charge is 0.315 e. The summed E-state index contributed by atoms with van der Waals surface area (Å²) in [5.41, 5.74) is 3.70. The van der Waals surface area contributed by atoms with Gasteiger partial charge in [0, 0.05) is 31.4 Å². The first-order valence-corrected chi connectivity index (χ1v) is 8.33. The summed E-state index contributed by atoms with van der Waals surface area (Å²) in [5, 5.41) is 5.88. The van der Waals surface area contributed by atoms with E-state index >= 15 is 0 Å². The highest BCUT2D eigenvalue weighted by Crippen LogP contribution is 2.33. The molecule has 5 nitrogen and oxygen atoms in total. The van der Waals surface area contributed by atoms with Crippen molar-refractivity contribution in [2.45, 2.75) is 31.7 Å². The Morgan fingerprint density at radius 1 is 1.25 bits per heavy atom. The number of hydrogen-bond donors (Lipinski definition) is 2. The van der Waals surface area contributed by atoms with Crippen LogP contribution in [0.2, 0.25) is 0 Å². The highest BCUT2D eigenvalue weighted by Gasteiger charge is 2.21. The first kappa shape index (κ1) is 16.3. The number of fused-ring (bicyclic) bond motifs is 1. The lowest BCUT2D eigenvalue weighted by Gasteiger charge is -2.26. The Balaban J connectivity index is 1.53. The van der Waals surface area contributed by atoms with E-state index < -0.39 is 0 Å². The van der Waals surface area contributed by atoms with E-state index in [2.05, 4.69) is 27.8 Å². The number of nitrogens with one attached hydrogen (secondary N) is 2. The van der Waals surface area contributed by atoms with E-state index in [0.29, 0.717) is 19.0 Å². The van der Waals surface area contributed by atoms with Crippen LogP contribution in [0.1, 0.15) is 35.4 Å². The van der Waals surface area contributed by atoms with E-state index in [1.54, 1.807) is 19.5 Å². The number of benzene rings is 1. The second kappa shape index (κ2) is 7.81. The minimum absolute atomic E-state index is 0.132. The van der Waals surface area contributed by atoms with Crippen LogP contribution in [0.4, 0.5) is 4.79 Å². The zero-order valence-electron chi connectivity index (χ0n) is 13.9. The monoisotopic (exact) mass is 325 g/mol. The van der Waals surface area contributed by atoms with Gasteiger partial charge in [-0.3, -0.25) is 4.98 Å². The standard InChI is InChI=1S/C19H23N3O2/c1-24-17-5-6-18-15(11-17)3-2-4-16(18)13-22-19(23)21-12-14-7-9-20-10-8-14/h5-11,16H,2-4,12-13H2,1H3,(H2,21,22,23). The molecule has 24 heavy (non-hydrogen) atoms. The number of carbonyl (C=O) groups is 1. The summed E-state index contributed by atoms with van der Waals surface area (Å²) in [6, 6.07) is 9.91. The number of methoxy groups -OCH3 is 1. The van der Waals surface area contributed by atoms with Gasteiger partial charge >= 0.3 is 6.03 Å². The van der Waals surface area contributed by atoms with Crippen LogP contribution in [0.15, 0.2) is 42.7 Å². The van der Waals surface area contributed by atoms with E-state index in [4.69, 9.17) is 4.74 Å². The van der Waals surface area contributed by atoms with Crippen molar-refractivity contribution in [3.05, 3.63) is 59.4 Å². The van der Waals surface area contributed by atoms with Gasteiger partial charge < -0.3 is 15.4 Å². The van der Waals surface area contributed by atoms with Gasteiger partial charge in [0.2, 0.25) is 0 Å². The average molecular weight is 325 g/mol. The lowest BCUT2D eigenvalue weighted by molar-refractivity contribution is 0.239. The molecule has 0 saturated heterocycles. The molecule has 1 aromatic heterocycles. The maximum Gasteiger partial charge on any atom is 0.315 e. The van der Waals surface area contributed by atoms with Crippen molar-refractivity contribution in [2.24, 2.45) is 0 Å². The Labute approximate surface area is 142 Å². The predicted octanol–water partition coefficient (Wildman–Crippen LogP) is 3.01. The fourth-order valence-electron chi connectivity index (χ4n) is 3.19. The molecule has 1 atom stereocenters. The Bertz CT molecular complexity index is 688. The number of ether oxygens (including phenoxy) is 1. The highest BCUT2D eigenvalue weighted by atomic mass is 16.5. The van der Waals surface area contributed by atoms with E-state index in [-0.39, 0.29) is 6.03 Å². The van der Waals surface area contributed by atoms with Gasteiger partial charge in [-0.05, 0) is 60.2 Å². The number of rotatable bonds is 5. The molecule has 0 saturated carbocycles. The summed E-state index contributed by atoms with van der Waals surface area (Å²) in [6.45, 7) is 1.16. The Hall–Kier alpha value is -2.56. The molecule has 0 radical (unpaired) electrons. The van der Waals surface area contributed by atoms with Crippen LogP contribution in [0.25, 0.3) is 0 Å². The Kier molecular flexibility index (Phi) is 5.31. The third-order valence-corrected chi connectivity index (χ3v) is 4.50. The Morgan fingerprint density at radius 2 is 2.08 bits per heavy atom. The van der Waals surface area contributed by atoms with Crippen LogP contribution < -0.4 is 15.4 Å². The maximum atomic E-state index is 12.0. The van der Waals surface area contributed by atoms with Crippen LogP contribution in [0, 0.1) is 0 Å².